The third-order valence-corrected chi connectivity index (χ3v) is 6.01. The smallest absolute Gasteiger partial charge is 0.328 e. The van der Waals surface area contributed by atoms with Crippen LogP contribution in [0.2, 0.25) is 0 Å². The summed E-state index contributed by atoms with van der Waals surface area (Å²) in [4.78, 5) is 17.3. The first-order chi connectivity index (χ1) is 15.5. The molecule has 2 aromatic carbocycles. The summed E-state index contributed by atoms with van der Waals surface area (Å²) < 4.78 is 21.7. The highest BCUT2D eigenvalue weighted by molar-refractivity contribution is 5.88. The van der Waals surface area contributed by atoms with Gasteiger partial charge in [0.2, 0.25) is 0 Å². The number of benzene rings is 2. The molecule has 0 amide bonds. The van der Waals surface area contributed by atoms with E-state index in [-0.39, 0.29) is 16.9 Å². The second kappa shape index (κ2) is 6.81. The Labute approximate surface area is 189 Å². The highest BCUT2D eigenvalue weighted by Gasteiger charge is 2.26. The van der Waals surface area contributed by atoms with Crippen LogP contribution in [0.25, 0.3) is 38.9 Å². The van der Waals surface area contributed by atoms with Crippen molar-refractivity contribution in [2.24, 2.45) is 21.1 Å². The number of fused-ring (bicyclic) bond motifs is 2. The predicted molar refractivity (Wildman–Crippen MR) is 125 cm³/mol. The summed E-state index contributed by atoms with van der Waals surface area (Å²) >= 11 is 0. The molecule has 5 rings (SSSR count). The Kier molecular flexibility index (Phi) is 4.33. The average molecular weight is 449 g/mol. The van der Waals surface area contributed by atoms with Crippen molar-refractivity contribution in [3.63, 3.8) is 0 Å². The lowest BCUT2D eigenvalue weighted by Gasteiger charge is -2.20. The molecule has 3 heterocycles. The van der Waals surface area contributed by atoms with Crippen LogP contribution in [0.5, 0.6) is 5.75 Å². The highest BCUT2D eigenvalue weighted by Crippen LogP contribution is 2.36. The molecule has 0 bridgehead atoms. The Morgan fingerprint density at radius 3 is 2.36 bits per heavy atom. The van der Waals surface area contributed by atoms with Gasteiger partial charge in [0.05, 0.1) is 28.4 Å². The van der Waals surface area contributed by atoms with Crippen LogP contribution >= 0.6 is 0 Å². The fraction of sp³-hybridized carbons (Fsp3) is 0.292. The number of phenolic OH excluding ortho intramolecular Hbond substituents is 1. The number of hydrogen-bond acceptors (Lipinski definition) is 4. The van der Waals surface area contributed by atoms with E-state index in [4.69, 9.17) is 4.98 Å². The van der Waals surface area contributed by atoms with E-state index < -0.39 is 5.82 Å². The van der Waals surface area contributed by atoms with E-state index in [2.05, 4.69) is 5.10 Å². The third kappa shape index (κ3) is 3.06. The molecule has 0 aliphatic heterocycles. The van der Waals surface area contributed by atoms with Gasteiger partial charge in [-0.25, -0.2) is 14.2 Å². The molecule has 9 heteroatoms. The van der Waals surface area contributed by atoms with Crippen LogP contribution in [0, 0.1) is 5.82 Å². The third-order valence-electron chi connectivity index (χ3n) is 6.01. The van der Waals surface area contributed by atoms with Gasteiger partial charge in [0.15, 0.2) is 0 Å². The number of imidazole rings is 2. The van der Waals surface area contributed by atoms with E-state index in [0.29, 0.717) is 44.7 Å². The van der Waals surface area contributed by atoms with Gasteiger partial charge in [-0.15, -0.1) is 0 Å². The van der Waals surface area contributed by atoms with Crippen LogP contribution in [0.15, 0.2) is 41.5 Å². The fourth-order valence-corrected chi connectivity index (χ4v) is 4.39. The van der Waals surface area contributed by atoms with Crippen LogP contribution in [-0.4, -0.2) is 33.6 Å². The van der Waals surface area contributed by atoms with Crippen molar-refractivity contribution in [2.45, 2.75) is 26.2 Å². The molecule has 0 radical (unpaired) electrons. The van der Waals surface area contributed by atoms with E-state index in [1.807, 2.05) is 31.4 Å². The molecule has 170 valence electrons. The molecule has 1 N–H and O–H groups in total. The zero-order chi connectivity index (χ0) is 23.8. The van der Waals surface area contributed by atoms with Gasteiger partial charge in [-0.1, -0.05) is 20.8 Å². The van der Waals surface area contributed by atoms with Gasteiger partial charge in [0, 0.05) is 56.0 Å². The Hall–Kier alpha value is -3.88. The van der Waals surface area contributed by atoms with Gasteiger partial charge in [-0.3, -0.25) is 18.4 Å². The maximum Gasteiger partial charge on any atom is 0.328 e. The molecule has 0 fully saturated rings. The number of aromatic nitrogens is 6. The first kappa shape index (κ1) is 21.0. The molecule has 5 aromatic rings. The van der Waals surface area contributed by atoms with E-state index in [0.717, 1.165) is 0 Å². The zero-order valence-corrected chi connectivity index (χ0v) is 19.4. The van der Waals surface area contributed by atoms with Crippen molar-refractivity contribution in [3.05, 3.63) is 58.8 Å². The maximum absolute atomic E-state index is 15.3. The van der Waals surface area contributed by atoms with Gasteiger partial charge in [-0.05, 0) is 12.1 Å². The van der Waals surface area contributed by atoms with Crippen molar-refractivity contribution in [3.8, 4) is 22.6 Å². The molecule has 8 nitrogen and oxygen atoms in total. The van der Waals surface area contributed by atoms with Crippen molar-refractivity contribution in [2.75, 3.05) is 0 Å². The molecule has 0 spiro atoms. The first-order valence-corrected chi connectivity index (χ1v) is 10.6. The first-order valence-electron chi connectivity index (χ1n) is 10.6. The Balaban J connectivity index is 1.85. The lowest BCUT2D eigenvalue weighted by Crippen LogP contribution is -2.19. The molecule has 0 aliphatic rings. The average Bonchev–Trinajstić information content (AvgIpc) is 3.39. The number of halogens is 1. The summed E-state index contributed by atoms with van der Waals surface area (Å²) in [6.45, 7) is 6.08. The number of aryl methyl sites for hydroxylation is 3. The van der Waals surface area contributed by atoms with E-state index in [1.165, 1.54) is 15.2 Å². The number of phenols is 1. The standard InChI is InChI=1S/C24H25FN6O2/c1-24(2,3)22-27-17-9-15(13-11-26-28(4)12-13)16(25)10-18(17)31(22)14-7-19-21(20(32)8-14)30(6)23(33)29(19)5/h7-12,32H,1-6H3. The SMILES string of the molecule is Cn1cc(-c2cc3nc(C(C)(C)C)n(-c4cc(O)c5c(c4)n(C)c(=O)n5C)c3cc2F)cn1. The van der Waals surface area contributed by atoms with Gasteiger partial charge < -0.3 is 5.11 Å². The van der Waals surface area contributed by atoms with Gasteiger partial charge in [0.25, 0.3) is 0 Å². The summed E-state index contributed by atoms with van der Waals surface area (Å²) in [5.41, 5.74) is 3.29. The van der Waals surface area contributed by atoms with E-state index in [1.54, 1.807) is 50.4 Å². The molecular weight excluding hydrogens is 423 g/mol. The normalized spacial score (nSPS) is 12.3. The fourth-order valence-electron chi connectivity index (χ4n) is 4.39. The van der Waals surface area contributed by atoms with Crippen LogP contribution < -0.4 is 5.69 Å². The zero-order valence-electron chi connectivity index (χ0n) is 19.4. The van der Waals surface area contributed by atoms with Crippen LogP contribution in [0.4, 0.5) is 4.39 Å². The monoisotopic (exact) mass is 448 g/mol. The minimum absolute atomic E-state index is 0.0307. The molecule has 0 saturated carbocycles. The van der Waals surface area contributed by atoms with E-state index >= 15 is 4.39 Å². The quantitative estimate of drug-likeness (QED) is 0.446. The number of hydrogen-bond donors (Lipinski definition) is 1. The van der Waals surface area contributed by atoms with Gasteiger partial charge >= 0.3 is 5.69 Å². The second-order valence-electron chi connectivity index (χ2n) is 9.48. The van der Waals surface area contributed by atoms with E-state index in [9.17, 15) is 9.90 Å². The van der Waals surface area contributed by atoms with Crippen LogP contribution in [0.1, 0.15) is 26.6 Å². The highest BCUT2D eigenvalue weighted by atomic mass is 19.1. The summed E-state index contributed by atoms with van der Waals surface area (Å²) in [5, 5.41) is 14.9. The molecule has 0 atom stereocenters. The van der Waals surface area contributed by atoms with Gasteiger partial charge in [0.1, 0.15) is 22.9 Å². The topological polar surface area (TPSA) is 82.8 Å². The lowest BCUT2D eigenvalue weighted by atomic mass is 9.95. The second-order valence-corrected chi connectivity index (χ2v) is 9.48. The summed E-state index contributed by atoms with van der Waals surface area (Å²) in [6, 6.07) is 6.60. The lowest BCUT2D eigenvalue weighted by molar-refractivity contribution is 0.478. The Morgan fingerprint density at radius 2 is 1.73 bits per heavy atom. The Bertz CT molecular complexity index is 1630. The molecular formula is C24H25FN6O2. The van der Waals surface area contributed by atoms with Crippen molar-refractivity contribution < 1.29 is 9.50 Å². The summed E-state index contributed by atoms with van der Waals surface area (Å²) in [6.07, 6.45) is 3.38. The minimum Gasteiger partial charge on any atom is -0.506 e. The maximum atomic E-state index is 15.3. The molecule has 0 saturated heterocycles. The Morgan fingerprint density at radius 1 is 1.00 bits per heavy atom. The molecule has 3 aromatic heterocycles. The largest absolute Gasteiger partial charge is 0.506 e. The minimum atomic E-state index is -0.394. The van der Waals surface area contributed by atoms with Gasteiger partial charge in [-0.2, -0.15) is 5.10 Å². The summed E-state index contributed by atoms with van der Waals surface area (Å²) in [5.74, 6) is 0.284. The number of nitrogens with zero attached hydrogens (tertiary/aromatic N) is 6. The van der Waals surface area contributed by atoms with Crippen molar-refractivity contribution in [1.82, 2.24) is 28.5 Å². The molecule has 0 unspecified atom stereocenters. The molecule has 0 aliphatic carbocycles. The summed E-state index contributed by atoms with van der Waals surface area (Å²) in [7, 11) is 5.06. The van der Waals surface area contributed by atoms with Crippen LogP contribution in [-0.2, 0) is 26.6 Å². The number of rotatable bonds is 2. The predicted octanol–water partition coefficient (Wildman–Crippen LogP) is 3.76. The van der Waals surface area contributed by atoms with Crippen molar-refractivity contribution >= 4 is 22.1 Å². The van der Waals surface area contributed by atoms with Crippen molar-refractivity contribution in [1.29, 1.82) is 0 Å². The molecule has 33 heavy (non-hydrogen) atoms. The number of aromatic hydroxyl groups is 1. The van der Waals surface area contributed by atoms with Crippen LogP contribution in [0.3, 0.4) is 0 Å².